The maximum atomic E-state index is 13.6. The van der Waals surface area contributed by atoms with Crippen LogP contribution < -0.4 is 26.0 Å². The molecule has 5 rings (SSSR count). The number of rotatable bonds is 6. The van der Waals surface area contributed by atoms with Crippen molar-refractivity contribution in [3.63, 3.8) is 0 Å². The van der Waals surface area contributed by atoms with Gasteiger partial charge in [0.2, 0.25) is 5.96 Å². The highest BCUT2D eigenvalue weighted by atomic mass is 16.3. The Morgan fingerprint density at radius 3 is 2.62 bits per heavy atom. The van der Waals surface area contributed by atoms with Gasteiger partial charge in [0.15, 0.2) is 0 Å². The van der Waals surface area contributed by atoms with Gasteiger partial charge in [0.25, 0.3) is 17.4 Å². The molecule has 10 heteroatoms. The molecule has 0 radical (unpaired) electrons. The van der Waals surface area contributed by atoms with Crippen molar-refractivity contribution in [2.24, 2.45) is 12.0 Å². The number of carbonyl (C=O) groups is 2. The van der Waals surface area contributed by atoms with E-state index >= 15 is 0 Å². The maximum absolute atomic E-state index is 13.6. The minimum atomic E-state index is -0.487. The van der Waals surface area contributed by atoms with Crippen molar-refractivity contribution >= 4 is 34.8 Å². The van der Waals surface area contributed by atoms with Crippen LogP contribution in [0.2, 0.25) is 0 Å². The molecule has 1 unspecified atom stereocenters. The van der Waals surface area contributed by atoms with Gasteiger partial charge in [-0.3, -0.25) is 19.7 Å². The Morgan fingerprint density at radius 2 is 1.92 bits per heavy atom. The van der Waals surface area contributed by atoms with Crippen LogP contribution >= 0.6 is 0 Å². The Labute approximate surface area is 226 Å². The number of guanidine groups is 1. The van der Waals surface area contributed by atoms with Gasteiger partial charge in [-0.2, -0.15) is 0 Å². The molecule has 10 nitrogen and oxygen atoms in total. The van der Waals surface area contributed by atoms with Gasteiger partial charge in [-0.15, -0.1) is 0 Å². The molecule has 202 valence electrons. The lowest BCUT2D eigenvalue weighted by molar-refractivity contribution is -0.120. The molecule has 3 N–H and O–H groups in total. The Morgan fingerprint density at radius 1 is 1.13 bits per heavy atom. The number of hydrogen-bond acceptors (Lipinski definition) is 7. The molecule has 2 aromatic carbocycles. The number of aliphatic imine (C=N–C) groups is 1. The van der Waals surface area contributed by atoms with Gasteiger partial charge in [-0.05, 0) is 54.3 Å². The first-order valence-electron chi connectivity index (χ1n) is 12.9. The number of pyridine rings is 1. The van der Waals surface area contributed by atoms with Crippen LogP contribution in [-0.2, 0) is 24.9 Å². The van der Waals surface area contributed by atoms with Crippen molar-refractivity contribution < 1.29 is 14.7 Å². The zero-order valence-corrected chi connectivity index (χ0v) is 22.5. The molecular weight excluding hydrogens is 496 g/mol. The molecule has 0 bridgehead atoms. The molecule has 2 aliphatic rings. The first-order valence-corrected chi connectivity index (χ1v) is 12.9. The van der Waals surface area contributed by atoms with Crippen LogP contribution in [0, 0.1) is 0 Å². The van der Waals surface area contributed by atoms with Crippen molar-refractivity contribution in [1.82, 2.24) is 9.88 Å². The average molecular weight is 529 g/mol. The van der Waals surface area contributed by atoms with Crippen LogP contribution in [0.1, 0.15) is 34.8 Å². The van der Waals surface area contributed by atoms with E-state index in [4.69, 9.17) is 0 Å². The molecule has 0 saturated heterocycles. The summed E-state index contributed by atoms with van der Waals surface area (Å²) in [4.78, 5) is 46.6. The quantitative estimate of drug-likeness (QED) is 0.452. The number of nitrogens with one attached hydrogen (secondary N) is 2. The second-order valence-corrected chi connectivity index (χ2v) is 9.98. The number of carbonyl (C=O) groups excluding carboxylic acids is 2. The fourth-order valence-corrected chi connectivity index (χ4v) is 5.11. The van der Waals surface area contributed by atoms with E-state index in [1.165, 1.54) is 4.57 Å². The third kappa shape index (κ3) is 4.79. The van der Waals surface area contributed by atoms with Gasteiger partial charge in [0.1, 0.15) is 11.7 Å². The van der Waals surface area contributed by atoms with Crippen LogP contribution in [0.5, 0.6) is 0 Å². The summed E-state index contributed by atoms with van der Waals surface area (Å²) < 4.78 is 1.44. The van der Waals surface area contributed by atoms with E-state index in [-0.39, 0.29) is 35.6 Å². The normalized spacial score (nSPS) is 16.6. The number of nitrogens with zero attached hydrogens (tertiary/aromatic N) is 4. The summed E-state index contributed by atoms with van der Waals surface area (Å²) >= 11 is 0. The molecule has 0 spiro atoms. The summed E-state index contributed by atoms with van der Waals surface area (Å²) in [6.45, 7) is 2.05. The van der Waals surface area contributed by atoms with Crippen molar-refractivity contribution in [3.05, 3.63) is 75.7 Å². The van der Waals surface area contributed by atoms with Crippen LogP contribution in [0.4, 0.5) is 17.1 Å². The van der Waals surface area contributed by atoms with Crippen molar-refractivity contribution in [1.29, 1.82) is 0 Å². The molecule has 2 aliphatic heterocycles. The maximum Gasteiger partial charge on any atom is 0.274 e. The number of benzene rings is 2. The topological polar surface area (TPSA) is 119 Å². The summed E-state index contributed by atoms with van der Waals surface area (Å²) in [5.74, 6) is -0.0992. The van der Waals surface area contributed by atoms with Gasteiger partial charge in [0, 0.05) is 56.3 Å². The summed E-state index contributed by atoms with van der Waals surface area (Å²) in [7, 11) is 5.57. The largest absolute Gasteiger partial charge is 0.392 e. The number of anilines is 3. The molecule has 3 aromatic rings. The minimum absolute atomic E-state index is 0.114. The lowest BCUT2D eigenvalue weighted by Gasteiger charge is -2.31. The number of aromatic nitrogens is 1. The Balaban J connectivity index is 1.52. The van der Waals surface area contributed by atoms with E-state index < -0.39 is 6.04 Å². The van der Waals surface area contributed by atoms with E-state index in [2.05, 4.69) is 15.6 Å². The smallest absolute Gasteiger partial charge is 0.274 e. The number of aliphatic hydroxyl groups excluding tert-OH is 1. The van der Waals surface area contributed by atoms with Crippen molar-refractivity contribution in [2.75, 3.05) is 35.8 Å². The van der Waals surface area contributed by atoms with Gasteiger partial charge in [0.05, 0.1) is 12.3 Å². The van der Waals surface area contributed by atoms with Crippen molar-refractivity contribution in [2.45, 2.75) is 32.4 Å². The van der Waals surface area contributed by atoms with E-state index in [0.29, 0.717) is 47.3 Å². The third-order valence-corrected chi connectivity index (χ3v) is 7.25. The first kappa shape index (κ1) is 26.2. The number of hydrogen-bond donors (Lipinski definition) is 3. The van der Waals surface area contributed by atoms with E-state index in [9.17, 15) is 19.5 Å². The van der Waals surface area contributed by atoms with Crippen molar-refractivity contribution in [3.8, 4) is 11.1 Å². The lowest BCUT2D eigenvalue weighted by atomic mass is 9.94. The zero-order valence-electron chi connectivity index (χ0n) is 22.5. The predicted octanol–water partition coefficient (Wildman–Crippen LogP) is 2.49. The minimum Gasteiger partial charge on any atom is -0.392 e. The van der Waals surface area contributed by atoms with Crippen LogP contribution in [-0.4, -0.2) is 54.1 Å². The first-order chi connectivity index (χ1) is 18.7. The predicted molar refractivity (Wildman–Crippen MR) is 152 cm³/mol. The fourth-order valence-electron chi connectivity index (χ4n) is 5.11. The van der Waals surface area contributed by atoms with Crippen LogP contribution in [0.3, 0.4) is 0 Å². The zero-order chi connectivity index (χ0) is 27.8. The highest BCUT2D eigenvalue weighted by Crippen LogP contribution is 2.35. The van der Waals surface area contributed by atoms with Gasteiger partial charge >= 0.3 is 0 Å². The Kier molecular flexibility index (Phi) is 6.96. The Hall–Kier alpha value is -4.44. The highest BCUT2D eigenvalue weighted by Gasteiger charge is 2.29. The molecule has 2 amide bonds. The molecular formula is C29H32N6O4. The molecule has 0 saturated carbocycles. The standard InChI is InChI=1S/C29H32N6O4/c1-5-23-26(37)32-29(30-23)31-24-14-18(15-34(4)28(24)39)20-7-6-8-25(22(20)16-36)35-12-11-17-13-19(33(2)3)9-10-21(17)27(35)38/h6-10,13-15,23,36H,5,11-12,16H2,1-4H3,(H2,30,31,32,37). The van der Waals surface area contributed by atoms with Crippen LogP contribution in [0.15, 0.2) is 58.4 Å². The van der Waals surface area contributed by atoms with Gasteiger partial charge in [-0.25, -0.2) is 4.99 Å². The lowest BCUT2D eigenvalue weighted by Crippen LogP contribution is -2.38. The van der Waals surface area contributed by atoms with E-state index in [1.54, 1.807) is 24.2 Å². The number of fused-ring (bicyclic) bond motifs is 1. The molecule has 1 aromatic heterocycles. The highest BCUT2D eigenvalue weighted by molar-refractivity contribution is 6.11. The summed E-state index contributed by atoms with van der Waals surface area (Å²) in [5.41, 5.74) is 5.22. The SMILES string of the molecule is CCC1N=C(Nc2cc(-c3cccc(N4CCc5cc(N(C)C)ccc5C4=O)c3CO)cn(C)c2=O)NC1=O. The Bertz CT molecular complexity index is 1560. The molecule has 1 atom stereocenters. The molecule has 0 aliphatic carbocycles. The average Bonchev–Trinajstić information content (AvgIpc) is 3.29. The number of amides is 2. The van der Waals surface area contributed by atoms with Gasteiger partial charge < -0.3 is 24.8 Å². The van der Waals surface area contributed by atoms with E-state index in [0.717, 1.165) is 11.3 Å². The third-order valence-electron chi connectivity index (χ3n) is 7.25. The second-order valence-electron chi connectivity index (χ2n) is 9.98. The van der Waals surface area contributed by atoms with E-state index in [1.807, 2.05) is 62.3 Å². The summed E-state index contributed by atoms with van der Waals surface area (Å²) in [6.07, 6.45) is 2.93. The summed E-state index contributed by atoms with van der Waals surface area (Å²) in [5, 5.41) is 16.1. The second kappa shape index (κ2) is 10.4. The fraction of sp³-hybridized carbons (Fsp3) is 0.310. The molecule has 3 heterocycles. The van der Waals surface area contributed by atoms with Crippen LogP contribution in [0.25, 0.3) is 11.1 Å². The molecule has 0 fully saturated rings. The molecule has 39 heavy (non-hydrogen) atoms. The monoisotopic (exact) mass is 528 g/mol. The summed E-state index contributed by atoms with van der Waals surface area (Å²) in [6, 6.07) is 12.6. The number of aryl methyl sites for hydroxylation is 1. The number of aliphatic hydroxyl groups is 1. The van der Waals surface area contributed by atoms with Gasteiger partial charge in [-0.1, -0.05) is 19.1 Å².